The first-order chi connectivity index (χ1) is 11.5. The monoisotopic (exact) mass is 381 g/mol. The second-order valence-electron chi connectivity index (χ2n) is 4.79. The van der Waals surface area contributed by atoms with Crippen LogP contribution in [0.25, 0.3) is 5.69 Å². The predicted molar refractivity (Wildman–Crippen MR) is 93.4 cm³/mol. The molecule has 122 valence electrons. The average molecular weight is 383 g/mol. The number of aromatic nitrogens is 3. The summed E-state index contributed by atoms with van der Waals surface area (Å²) in [6, 6.07) is 9.73. The number of halogens is 3. The molecule has 0 amide bonds. The van der Waals surface area contributed by atoms with Crippen molar-refractivity contribution < 1.29 is 4.74 Å². The Balaban J connectivity index is 1.86. The smallest absolute Gasteiger partial charge is 0.313 e. The van der Waals surface area contributed by atoms with Gasteiger partial charge in [0.05, 0.1) is 21.9 Å². The fraction of sp³-hybridized carbons (Fsp3) is 0.0625. The quantitative estimate of drug-likeness (QED) is 0.636. The summed E-state index contributed by atoms with van der Waals surface area (Å²) in [5.74, 6) is 0.158. The van der Waals surface area contributed by atoms with Gasteiger partial charge in [0.1, 0.15) is 11.8 Å². The van der Waals surface area contributed by atoms with Crippen molar-refractivity contribution in [2.24, 2.45) is 0 Å². The van der Waals surface area contributed by atoms with Crippen molar-refractivity contribution in [2.75, 3.05) is 0 Å². The molecule has 1 aromatic carbocycles. The van der Waals surface area contributed by atoms with Crippen LogP contribution in [0.1, 0.15) is 5.56 Å². The zero-order chi connectivity index (χ0) is 17.1. The number of pyridine rings is 1. The van der Waals surface area contributed by atoms with Gasteiger partial charge in [0.25, 0.3) is 0 Å². The van der Waals surface area contributed by atoms with Crippen molar-refractivity contribution in [3.8, 4) is 11.4 Å². The van der Waals surface area contributed by atoms with Crippen LogP contribution in [-0.4, -0.2) is 14.8 Å². The van der Waals surface area contributed by atoms with Crippen molar-refractivity contribution >= 4 is 34.8 Å². The SMILES string of the molecule is O=c1c(OCc2ccc(Cl)nc2)ccnn1-c1ccc(Cl)c(Cl)c1. The van der Waals surface area contributed by atoms with Crippen LogP contribution in [0, 0.1) is 0 Å². The second-order valence-corrected chi connectivity index (χ2v) is 5.99. The van der Waals surface area contributed by atoms with Crippen molar-refractivity contribution in [1.82, 2.24) is 14.8 Å². The lowest BCUT2D eigenvalue weighted by molar-refractivity contribution is 0.298. The summed E-state index contributed by atoms with van der Waals surface area (Å²) in [6.07, 6.45) is 3.06. The standard InChI is InChI=1S/C16H10Cl3N3O2/c17-12-3-2-11(7-13(12)18)22-16(23)14(5-6-21-22)24-9-10-1-4-15(19)20-8-10/h1-8H,9H2. The highest BCUT2D eigenvalue weighted by atomic mass is 35.5. The molecule has 0 aliphatic rings. The van der Waals surface area contributed by atoms with Gasteiger partial charge < -0.3 is 4.74 Å². The summed E-state index contributed by atoms with van der Waals surface area (Å²) in [5.41, 5.74) is 0.877. The molecule has 0 unspecified atom stereocenters. The molecule has 0 bridgehead atoms. The Morgan fingerprint density at radius 1 is 1.04 bits per heavy atom. The maximum atomic E-state index is 12.5. The van der Waals surface area contributed by atoms with E-state index in [4.69, 9.17) is 39.5 Å². The van der Waals surface area contributed by atoms with Crippen LogP contribution >= 0.6 is 34.8 Å². The van der Waals surface area contributed by atoms with E-state index in [1.807, 2.05) is 0 Å². The fourth-order valence-electron chi connectivity index (χ4n) is 1.96. The minimum atomic E-state index is -0.405. The summed E-state index contributed by atoms with van der Waals surface area (Å²) in [7, 11) is 0. The van der Waals surface area contributed by atoms with Crippen LogP contribution in [0.2, 0.25) is 15.2 Å². The highest BCUT2D eigenvalue weighted by Gasteiger charge is 2.09. The van der Waals surface area contributed by atoms with Gasteiger partial charge in [0, 0.05) is 17.8 Å². The third-order valence-corrected chi connectivity index (χ3v) is 4.10. The van der Waals surface area contributed by atoms with Gasteiger partial charge >= 0.3 is 5.56 Å². The van der Waals surface area contributed by atoms with Gasteiger partial charge in [0.2, 0.25) is 0 Å². The van der Waals surface area contributed by atoms with E-state index in [0.717, 1.165) is 5.56 Å². The first-order valence-electron chi connectivity index (χ1n) is 6.81. The third-order valence-electron chi connectivity index (χ3n) is 3.14. The Labute approximate surface area is 152 Å². The van der Waals surface area contributed by atoms with Crippen LogP contribution in [0.15, 0.2) is 53.6 Å². The molecule has 2 aromatic heterocycles. The molecular weight excluding hydrogens is 373 g/mol. The van der Waals surface area contributed by atoms with E-state index >= 15 is 0 Å². The molecule has 2 heterocycles. The highest BCUT2D eigenvalue weighted by molar-refractivity contribution is 6.42. The molecule has 0 radical (unpaired) electrons. The molecule has 0 N–H and O–H groups in total. The van der Waals surface area contributed by atoms with E-state index in [9.17, 15) is 4.79 Å². The summed E-state index contributed by atoms with van der Waals surface area (Å²) < 4.78 is 6.76. The second kappa shape index (κ2) is 7.21. The van der Waals surface area contributed by atoms with Gasteiger partial charge in [-0.05, 0) is 24.3 Å². The van der Waals surface area contributed by atoms with Gasteiger partial charge in [-0.2, -0.15) is 9.78 Å². The third kappa shape index (κ3) is 3.70. The number of rotatable bonds is 4. The number of hydrogen-bond acceptors (Lipinski definition) is 4. The van der Waals surface area contributed by atoms with Crippen LogP contribution < -0.4 is 10.3 Å². The normalized spacial score (nSPS) is 10.6. The summed E-state index contributed by atoms with van der Waals surface area (Å²) in [5, 5.41) is 5.17. The minimum Gasteiger partial charge on any atom is -0.483 e. The van der Waals surface area contributed by atoms with E-state index in [0.29, 0.717) is 20.9 Å². The molecule has 0 aliphatic carbocycles. The first-order valence-corrected chi connectivity index (χ1v) is 7.95. The molecule has 3 rings (SSSR count). The van der Waals surface area contributed by atoms with E-state index in [1.54, 1.807) is 36.5 Å². The van der Waals surface area contributed by atoms with E-state index < -0.39 is 5.56 Å². The van der Waals surface area contributed by atoms with Crippen molar-refractivity contribution in [3.63, 3.8) is 0 Å². The van der Waals surface area contributed by atoms with Gasteiger partial charge in [-0.3, -0.25) is 4.79 Å². The van der Waals surface area contributed by atoms with E-state index in [2.05, 4.69) is 10.1 Å². The Morgan fingerprint density at radius 3 is 2.58 bits per heavy atom. The van der Waals surface area contributed by atoms with Gasteiger partial charge in [-0.25, -0.2) is 4.98 Å². The van der Waals surface area contributed by atoms with Crippen molar-refractivity contribution in [3.05, 3.63) is 79.9 Å². The molecule has 0 saturated carbocycles. The van der Waals surface area contributed by atoms with Gasteiger partial charge in [-0.15, -0.1) is 0 Å². The summed E-state index contributed by atoms with van der Waals surface area (Å²) in [4.78, 5) is 16.5. The molecule has 3 aromatic rings. The average Bonchev–Trinajstić information content (AvgIpc) is 2.58. The molecule has 5 nitrogen and oxygen atoms in total. The Bertz CT molecular complexity index is 927. The zero-order valence-corrected chi connectivity index (χ0v) is 14.4. The fourth-order valence-corrected chi connectivity index (χ4v) is 2.36. The molecule has 0 spiro atoms. The number of nitrogens with zero attached hydrogens (tertiary/aromatic N) is 3. The van der Waals surface area contributed by atoms with E-state index in [-0.39, 0.29) is 12.4 Å². The Hall–Kier alpha value is -2.08. The topological polar surface area (TPSA) is 57.0 Å². The molecular formula is C16H10Cl3N3O2. The molecule has 0 fully saturated rings. The number of benzene rings is 1. The maximum Gasteiger partial charge on any atom is 0.313 e. The first kappa shape index (κ1) is 16.8. The molecule has 0 aliphatic heterocycles. The van der Waals surface area contributed by atoms with Crippen molar-refractivity contribution in [1.29, 1.82) is 0 Å². The van der Waals surface area contributed by atoms with Gasteiger partial charge in [-0.1, -0.05) is 40.9 Å². The Morgan fingerprint density at radius 2 is 1.88 bits per heavy atom. The largest absolute Gasteiger partial charge is 0.483 e. The molecule has 0 atom stereocenters. The summed E-state index contributed by atoms with van der Waals surface area (Å²) in [6.45, 7) is 0.185. The predicted octanol–water partition coefficient (Wildman–Crippen LogP) is 4.17. The lowest BCUT2D eigenvalue weighted by Gasteiger charge is -2.09. The molecule has 0 saturated heterocycles. The van der Waals surface area contributed by atoms with Crippen LogP contribution in [0.5, 0.6) is 5.75 Å². The van der Waals surface area contributed by atoms with Crippen LogP contribution in [0.3, 0.4) is 0 Å². The van der Waals surface area contributed by atoms with Crippen LogP contribution in [0.4, 0.5) is 0 Å². The zero-order valence-electron chi connectivity index (χ0n) is 12.1. The van der Waals surface area contributed by atoms with Crippen molar-refractivity contribution in [2.45, 2.75) is 6.61 Å². The summed E-state index contributed by atoms with van der Waals surface area (Å²) >= 11 is 17.6. The van der Waals surface area contributed by atoms with Gasteiger partial charge in [0.15, 0.2) is 5.75 Å². The molecule has 24 heavy (non-hydrogen) atoms. The lowest BCUT2D eigenvalue weighted by Crippen LogP contribution is -2.22. The minimum absolute atomic E-state index is 0.158. The number of ether oxygens (including phenoxy) is 1. The number of hydrogen-bond donors (Lipinski definition) is 0. The molecule has 8 heteroatoms. The van der Waals surface area contributed by atoms with Crippen LogP contribution in [-0.2, 0) is 6.61 Å². The highest BCUT2D eigenvalue weighted by Crippen LogP contribution is 2.23. The maximum absolute atomic E-state index is 12.5. The van der Waals surface area contributed by atoms with E-state index in [1.165, 1.54) is 16.9 Å². The Kier molecular flexibility index (Phi) is 5.04. The lowest BCUT2D eigenvalue weighted by atomic mass is 10.3.